The molecule has 3 heteroatoms. The lowest BCUT2D eigenvalue weighted by molar-refractivity contribution is 0.535. The number of amides is 1. The fourth-order valence-corrected chi connectivity index (χ4v) is 0.941. The Balaban J connectivity index is 2.77. The average molecular weight is 171 g/mol. The molecule has 0 rings (SSSR count). The van der Waals surface area contributed by atoms with Crippen molar-refractivity contribution in [1.29, 1.82) is 0 Å². The number of nitrogens with one attached hydrogen (secondary N) is 2. The van der Waals surface area contributed by atoms with E-state index in [2.05, 4.69) is 17.6 Å². The Morgan fingerprint density at radius 2 is 1.75 bits per heavy atom. The predicted molar refractivity (Wildman–Crippen MR) is 50.7 cm³/mol. The van der Waals surface area contributed by atoms with Crippen molar-refractivity contribution in [2.45, 2.75) is 32.6 Å². The van der Waals surface area contributed by atoms with E-state index in [0.717, 1.165) is 32.5 Å². The van der Waals surface area contributed by atoms with Gasteiger partial charge in [-0.2, -0.15) is 0 Å². The van der Waals surface area contributed by atoms with Crippen LogP contribution in [0.15, 0.2) is 0 Å². The van der Waals surface area contributed by atoms with E-state index in [9.17, 15) is 4.79 Å². The summed E-state index contributed by atoms with van der Waals surface area (Å²) in [6, 6.07) is 0. The highest BCUT2D eigenvalue weighted by atomic mass is 16.1. The van der Waals surface area contributed by atoms with Crippen LogP contribution < -0.4 is 10.6 Å². The van der Waals surface area contributed by atoms with Gasteiger partial charge in [-0.05, 0) is 32.4 Å². The minimum atomic E-state index is 0.749. The normalized spacial score (nSPS) is 9.75. The van der Waals surface area contributed by atoms with Gasteiger partial charge in [0.05, 0.1) is 0 Å². The van der Waals surface area contributed by atoms with Crippen LogP contribution in [0.1, 0.15) is 32.6 Å². The van der Waals surface area contributed by atoms with Gasteiger partial charge >= 0.3 is 6.41 Å². The number of hydrogen-bond acceptors (Lipinski definition) is 2. The van der Waals surface area contributed by atoms with Crippen molar-refractivity contribution in [3.05, 3.63) is 0 Å². The molecule has 0 atom stereocenters. The van der Waals surface area contributed by atoms with Crippen molar-refractivity contribution in [3.63, 3.8) is 0 Å². The molecule has 0 fully saturated rings. The summed E-state index contributed by atoms with van der Waals surface area (Å²) in [5.41, 5.74) is 0. The van der Waals surface area contributed by atoms with Gasteiger partial charge in [0, 0.05) is 6.54 Å². The first-order chi connectivity index (χ1) is 5.91. The first kappa shape index (κ1) is 11.4. The van der Waals surface area contributed by atoms with Gasteiger partial charge in [0.2, 0.25) is 0 Å². The molecule has 1 amide bonds. The molecule has 0 unspecified atom stereocenters. The smallest absolute Gasteiger partial charge is 0.309 e. The lowest BCUT2D eigenvalue weighted by Crippen LogP contribution is -2.18. The standard InChI is InChI=1S/C9H19N2O/c1-2-3-6-10-7-4-5-8-11-9-12/h10H,2-8H2,1H3,(H,11,12). The lowest BCUT2D eigenvalue weighted by Gasteiger charge is -2.02. The Hall–Kier alpha value is -0.570. The molecule has 0 saturated heterocycles. The second-order valence-electron chi connectivity index (χ2n) is 2.84. The van der Waals surface area contributed by atoms with Gasteiger partial charge in [-0.1, -0.05) is 13.3 Å². The molecule has 0 aromatic carbocycles. The van der Waals surface area contributed by atoms with Crippen molar-refractivity contribution in [2.75, 3.05) is 19.6 Å². The quantitative estimate of drug-likeness (QED) is 0.398. The minimum Gasteiger partial charge on any atom is -0.348 e. The summed E-state index contributed by atoms with van der Waals surface area (Å²) in [5, 5.41) is 5.85. The van der Waals surface area contributed by atoms with Gasteiger partial charge in [0.25, 0.3) is 0 Å². The zero-order valence-electron chi connectivity index (χ0n) is 7.86. The first-order valence-electron chi connectivity index (χ1n) is 4.72. The summed E-state index contributed by atoms with van der Waals surface area (Å²) < 4.78 is 0. The van der Waals surface area contributed by atoms with E-state index in [-0.39, 0.29) is 0 Å². The maximum absolute atomic E-state index is 9.73. The number of unbranched alkanes of at least 4 members (excludes halogenated alkanes) is 2. The molecule has 2 N–H and O–H groups in total. The summed E-state index contributed by atoms with van der Waals surface area (Å²) in [5.74, 6) is 0. The van der Waals surface area contributed by atoms with Gasteiger partial charge in [0.1, 0.15) is 0 Å². The molecule has 0 saturated carbocycles. The second kappa shape index (κ2) is 10.4. The maximum Gasteiger partial charge on any atom is 0.309 e. The SMILES string of the molecule is CCCCNCCCCN[C]=O. The Kier molecular flexibility index (Phi) is 9.93. The fourth-order valence-electron chi connectivity index (χ4n) is 0.941. The summed E-state index contributed by atoms with van der Waals surface area (Å²) >= 11 is 0. The van der Waals surface area contributed by atoms with Crippen LogP contribution in [0.5, 0.6) is 0 Å². The molecule has 0 aromatic heterocycles. The fraction of sp³-hybridized carbons (Fsp3) is 0.889. The molecular formula is C9H19N2O. The highest BCUT2D eigenvalue weighted by molar-refractivity contribution is 5.46. The molecule has 12 heavy (non-hydrogen) atoms. The summed E-state index contributed by atoms with van der Waals surface area (Å²) in [7, 11) is 0. The monoisotopic (exact) mass is 171 g/mol. The topological polar surface area (TPSA) is 41.1 Å². The highest BCUT2D eigenvalue weighted by Crippen LogP contribution is 1.86. The van der Waals surface area contributed by atoms with Crippen molar-refractivity contribution < 1.29 is 4.79 Å². The van der Waals surface area contributed by atoms with E-state index in [1.165, 1.54) is 12.8 Å². The summed E-state index contributed by atoms with van der Waals surface area (Å²) in [6.45, 7) is 5.11. The zero-order chi connectivity index (χ0) is 9.07. The molecule has 0 aromatic rings. The van der Waals surface area contributed by atoms with Crippen LogP contribution in [0.25, 0.3) is 0 Å². The van der Waals surface area contributed by atoms with Crippen LogP contribution in [0.2, 0.25) is 0 Å². The minimum absolute atomic E-state index is 0.749. The lowest BCUT2D eigenvalue weighted by atomic mass is 10.3. The summed E-state index contributed by atoms with van der Waals surface area (Å²) in [6.07, 6.45) is 6.31. The first-order valence-corrected chi connectivity index (χ1v) is 4.72. The molecule has 1 radical (unpaired) electrons. The Morgan fingerprint density at radius 3 is 2.42 bits per heavy atom. The van der Waals surface area contributed by atoms with Crippen LogP contribution >= 0.6 is 0 Å². The third-order valence-electron chi connectivity index (χ3n) is 1.68. The van der Waals surface area contributed by atoms with Crippen molar-refractivity contribution in [1.82, 2.24) is 10.6 Å². The second-order valence-corrected chi connectivity index (χ2v) is 2.84. The predicted octanol–water partition coefficient (Wildman–Crippen LogP) is 0.813. The molecule has 0 heterocycles. The van der Waals surface area contributed by atoms with Crippen LogP contribution in [-0.2, 0) is 4.79 Å². The summed E-state index contributed by atoms with van der Waals surface area (Å²) in [4.78, 5) is 9.73. The van der Waals surface area contributed by atoms with E-state index in [0.29, 0.717) is 0 Å². The van der Waals surface area contributed by atoms with Crippen molar-refractivity contribution in [3.8, 4) is 0 Å². The van der Waals surface area contributed by atoms with Gasteiger partial charge in [-0.3, -0.25) is 4.79 Å². The van der Waals surface area contributed by atoms with E-state index >= 15 is 0 Å². The van der Waals surface area contributed by atoms with Gasteiger partial charge in [-0.25, -0.2) is 0 Å². The molecule has 71 valence electrons. The molecule has 0 bridgehead atoms. The Morgan fingerprint density at radius 1 is 1.08 bits per heavy atom. The third-order valence-corrected chi connectivity index (χ3v) is 1.68. The maximum atomic E-state index is 9.73. The average Bonchev–Trinajstić information content (AvgIpc) is 2.10. The van der Waals surface area contributed by atoms with E-state index in [1.807, 2.05) is 0 Å². The molecule has 0 spiro atoms. The Labute approximate surface area is 74.9 Å². The largest absolute Gasteiger partial charge is 0.348 e. The highest BCUT2D eigenvalue weighted by Gasteiger charge is 1.88. The molecule has 0 aliphatic heterocycles. The van der Waals surface area contributed by atoms with Crippen molar-refractivity contribution >= 4 is 6.41 Å². The van der Waals surface area contributed by atoms with Crippen molar-refractivity contribution in [2.24, 2.45) is 0 Å². The van der Waals surface area contributed by atoms with Gasteiger partial charge in [0.15, 0.2) is 0 Å². The number of hydrogen-bond donors (Lipinski definition) is 2. The van der Waals surface area contributed by atoms with Crippen LogP contribution in [0, 0.1) is 0 Å². The molecule has 0 aliphatic carbocycles. The third kappa shape index (κ3) is 9.43. The van der Waals surface area contributed by atoms with E-state index in [4.69, 9.17) is 0 Å². The Bertz CT molecular complexity index is 96.5. The molecule has 3 nitrogen and oxygen atoms in total. The van der Waals surface area contributed by atoms with E-state index < -0.39 is 0 Å². The molecule has 0 aliphatic rings. The van der Waals surface area contributed by atoms with Crippen LogP contribution in [0.4, 0.5) is 0 Å². The molecular weight excluding hydrogens is 152 g/mol. The zero-order valence-corrected chi connectivity index (χ0v) is 7.86. The van der Waals surface area contributed by atoms with E-state index in [1.54, 1.807) is 6.41 Å². The van der Waals surface area contributed by atoms with Gasteiger partial charge in [-0.15, -0.1) is 0 Å². The van der Waals surface area contributed by atoms with Gasteiger partial charge < -0.3 is 10.6 Å². The van der Waals surface area contributed by atoms with Crippen LogP contribution in [-0.4, -0.2) is 26.0 Å². The number of rotatable bonds is 9. The number of carbonyl (C=O) groups excluding carboxylic acids is 1. The van der Waals surface area contributed by atoms with Crippen LogP contribution in [0.3, 0.4) is 0 Å².